The third kappa shape index (κ3) is 6.83. The molecular formula is C27H14Cl3F10N3O3. The predicted octanol–water partition coefficient (Wildman–Crippen LogP) is 8.39. The van der Waals surface area contributed by atoms with Crippen LogP contribution in [0.4, 0.5) is 61.0 Å². The summed E-state index contributed by atoms with van der Waals surface area (Å²) in [6, 6.07) is 5.92. The molecule has 3 aromatic rings. The number of hydrogen-bond donors (Lipinski definition) is 3. The number of amides is 3. The normalized spacial score (nSPS) is 17.4. The van der Waals surface area contributed by atoms with Gasteiger partial charge in [-0.3, -0.25) is 14.4 Å². The first-order valence-corrected chi connectivity index (χ1v) is 13.4. The highest BCUT2D eigenvalue weighted by atomic mass is 35.5. The average molecular weight is 725 g/mol. The largest absolute Gasteiger partial charge is 0.419 e. The van der Waals surface area contributed by atoms with Gasteiger partial charge in [-0.1, -0.05) is 17.7 Å². The lowest BCUT2D eigenvalue weighted by atomic mass is 10.0. The van der Waals surface area contributed by atoms with Crippen molar-refractivity contribution in [2.75, 3.05) is 16.0 Å². The van der Waals surface area contributed by atoms with Crippen LogP contribution in [0.5, 0.6) is 0 Å². The zero-order valence-corrected chi connectivity index (χ0v) is 24.3. The van der Waals surface area contributed by atoms with E-state index in [1.54, 1.807) is 5.32 Å². The van der Waals surface area contributed by atoms with E-state index >= 15 is 0 Å². The fraction of sp³-hybridized carbons (Fsp3) is 0.222. The number of carbonyl (C=O) groups is 3. The summed E-state index contributed by atoms with van der Waals surface area (Å²) in [5, 5.41) is 4.88. The van der Waals surface area contributed by atoms with Gasteiger partial charge in [-0.15, -0.1) is 23.2 Å². The van der Waals surface area contributed by atoms with Crippen LogP contribution in [0.2, 0.25) is 5.02 Å². The van der Waals surface area contributed by atoms with Crippen molar-refractivity contribution in [3.63, 3.8) is 0 Å². The van der Waals surface area contributed by atoms with E-state index in [-0.39, 0.29) is 16.3 Å². The lowest BCUT2D eigenvalue weighted by Crippen LogP contribution is -2.41. The Balaban J connectivity index is 1.53. The zero-order valence-electron chi connectivity index (χ0n) is 22.0. The van der Waals surface area contributed by atoms with E-state index in [0.29, 0.717) is 24.3 Å². The lowest BCUT2D eigenvalue weighted by Gasteiger charge is -2.17. The number of alkyl halides is 9. The maximum absolute atomic E-state index is 14.9. The minimum Gasteiger partial charge on any atom is -0.326 e. The van der Waals surface area contributed by atoms with Gasteiger partial charge in [-0.05, 0) is 48.0 Å². The summed E-state index contributed by atoms with van der Waals surface area (Å²) >= 11 is 18.3. The summed E-state index contributed by atoms with van der Waals surface area (Å²) in [5.41, 5.74) is -5.04. The Morgan fingerprint density at radius 3 is 2.07 bits per heavy atom. The van der Waals surface area contributed by atoms with Crippen molar-refractivity contribution < 1.29 is 58.3 Å². The van der Waals surface area contributed by atoms with Crippen LogP contribution in [0.3, 0.4) is 0 Å². The van der Waals surface area contributed by atoms with Crippen LogP contribution >= 0.6 is 34.8 Å². The first-order chi connectivity index (χ1) is 21.2. The maximum atomic E-state index is 14.9. The molecule has 0 heterocycles. The van der Waals surface area contributed by atoms with Crippen LogP contribution in [0, 0.1) is 23.4 Å². The molecule has 0 bridgehead atoms. The summed E-state index contributed by atoms with van der Waals surface area (Å²) < 4.78 is 132. The van der Waals surface area contributed by atoms with Crippen molar-refractivity contribution in [3.8, 4) is 0 Å². The van der Waals surface area contributed by atoms with Gasteiger partial charge in [0.2, 0.25) is 5.91 Å². The van der Waals surface area contributed by atoms with Crippen molar-refractivity contribution in [3.05, 3.63) is 87.7 Å². The second kappa shape index (κ2) is 12.4. The van der Waals surface area contributed by atoms with Crippen molar-refractivity contribution in [1.82, 2.24) is 0 Å². The highest BCUT2D eigenvalue weighted by molar-refractivity contribution is 6.53. The van der Waals surface area contributed by atoms with Gasteiger partial charge in [0.15, 0.2) is 5.82 Å². The van der Waals surface area contributed by atoms with Crippen LogP contribution in [-0.4, -0.2) is 34.4 Å². The molecule has 4 rings (SSSR count). The fourth-order valence-corrected chi connectivity index (χ4v) is 5.30. The first-order valence-electron chi connectivity index (χ1n) is 12.3. The van der Waals surface area contributed by atoms with Crippen LogP contribution in [-0.2, 0) is 15.8 Å². The van der Waals surface area contributed by atoms with Crippen molar-refractivity contribution in [2.45, 2.75) is 28.8 Å². The summed E-state index contributed by atoms with van der Waals surface area (Å²) in [6.45, 7) is 0. The van der Waals surface area contributed by atoms with Gasteiger partial charge >= 0.3 is 24.4 Å². The summed E-state index contributed by atoms with van der Waals surface area (Å²) in [7, 11) is 0. The minimum absolute atomic E-state index is 0.194. The first kappa shape index (κ1) is 35.1. The summed E-state index contributed by atoms with van der Waals surface area (Å²) in [6.07, 6.45) is -9.51. The van der Waals surface area contributed by atoms with E-state index in [0.717, 1.165) is 24.3 Å². The number of hydrogen-bond acceptors (Lipinski definition) is 3. The quantitative estimate of drug-likeness (QED) is 0.161. The van der Waals surface area contributed by atoms with E-state index < -0.39 is 92.4 Å². The van der Waals surface area contributed by atoms with Gasteiger partial charge in [0.1, 0.15) is 21.7 Å². The van der Waals surface area contributed by atoms with Crippen LogP contribution in [0.15, 0.2) is 48.5 Å². The molecule has 0 aliphatic heterocycles. The van der Waals surface area contributed by atoms with Gasteiger partial charge < -0.3 is 16.0 Å². The number of halogens is 13. The summed E-state index contributed by atoms with van der Waals surface area (Å²) in [4.78, 5) is 37.3. The Morgan fingerprint density at radius 2 is 1.46 bits per heavy atom. The van der Waals surface area contributed by atoms with Gasteiger partial charge in [-0.25, -0.2) is 22.0 Å². The van der Waals surface area contributed by atoms with E-state index in [2.05, 4.69) is 5.32 Å². The molecule has 3 N–H and O–H groups in total. The third-order valence-corrected chi connectivity index (χ3v) is 7.89. The zero-order chi connectivity index (χ0) is 34.5. The topological polar surface area (TPSA) is 87.3 Å². The fourth-order valence-electron chi connectivity index (χ4n) is 4.27. The molecule has 0 unspecified atom stereocenters. The molecule has 0 radical (unpaired) electrons. The number of carbonyl (C=O) groups excluding carboxylic acids is 3. The smallest absolute Gasteiger partial charge is 0.326 e. The highest BCUT2D eigenvalue weighted by Gasteiger charge is 2.67. The molecule has 1 aliphatic rings. The van der Waals surface area contributed by atoms with Crippen molar-refractivity contribution >= 4 is 69.6 Å². The molecule has 1 saturated carbocycles. The standard InChI is InChI=1S/C27H14Cl3F10N3O3/c28-13-3-2-10(41-22(45)18-17(25(18,29)30)9-1-4-14(31)12(7-9)27(38,39)40)8-11(13)21(44)43-20-15(32)5-6-16(19(20)33)42-24(46)26(36,37)23(34)35/h1-8,17-18,23H,(H,41,45)(H,42,46)(H,43,44)/t17-,18+/m0/s1. The Hall–Kier alpha value is -3.76. The van der Waals surface area contributed by atoms with Crippen molar-refractivity contribution in [2.24, 2.45) is 5.92 Å². The van der Waals surface area contributed by atoms with Gasteiger partial charge in [-0.2, -0.15) is 22.0 Å². The van der Waals surface area contributed by atoms with Crippen LogP contribution in [0.1, 0.15) is 27.4 Å². The molecule has 2 atom stereocenters. The SMILES string of the molecule is O=C(Nc1c(F)ccc(NC(=O)C(F)(F)C(F)F)c1F)c1cc(NC(=O)[C@H]2[C@H](c3ccc(F)c(C(F)(F)F)c3)C2(Cl)Cl)ccc1Cl. The van der Waals surface area contributed by atoms with Crippen molar-refractivity contribution in [1.29, 1.82) is 0 Å². The van der Waals surface area contributed by atoms with E-state index in [1.165, 1.54) is 5.32 Å². The Kier molecular flexibility index (Phi) is 9.50. The molecule has 0 saturated heterocycles. The number of anilines is 3. The third-order valence-electron chi connectivity index (χ3n) is 6.62. The predicted molar refractivity (Wildman–Crippen MR) is 146 cm³/mol. The molecule has 246 valence electrons. The minimum atomic E-state index is -5.24. The molecule has 3 aromatic carbocycles. The molecule has 0 spiro atoms. The Morgan fingerprint density at radius 1 is 0.826 bits per heavy atom. The number of nitrogens with one attached hydrogen (secondary N) is 3. The summed E-state index contributed by atoms with van der Waals surface area (Å²) in [5.74, 6) is -17.6. The lowest BCUT2D eigenvalue weighted by molar-refractivity contribution is -0.163. The van der Waals surface area contributed by atoms with Crippen LogP contribution in [0.25, 0.3) is 0 Å². The van der Waals surface area contributed by atoms with Gasteiger partial charge in [0.05, 0.1) is 27.8 Å². The molecule has 46 heavy (non-hydrogen) atoms. The molecule has 1 fully saturated rings. The second-order valence-electron chi connectivity index (χ2n) is 9.67. The van der Waals surface area contributed by atoms with Crippen LogP contribution < -0.4 is 16.0 Å². The second-order valence-corrected chi connectivity index (χ2v) is 11.5. The van der Waals surface area contributed by atoms with E-state index in [1.807, 2.05) is 0 Å². The highest BCUT2D eigenvalue weighted by Crippen LogP contribution is 2.65. The Bertz CT molecular complexity index is 1740. The molecule has 1 aliphatic carbocycles. The van der Waals surface area contributed by atoms with E-state index in [9.17, 15) is 58.3 Å². The molecule has 3 amide bonds. The van der Waals surface area contributed by atoms with Gasteiger partial charge in [0.25, 0.3) is 5.91 Å². The Labute approximate surface area is 266 Å². The number of benzene rings is 3. The van der Waals surface area contributed by atoms with Gasteiger partial charge in [0, 0.05) is 11.6 Å². The number of rotatable bonds is 8. The molecular weight excluding hydrogens is 711 g/mol. The average Bonchev–Trinajstić information content (AvgIpc) is 3.54. The maximum Gasteiger partial charge on any atom is 0.419 e. The molecule has 0 aromatic heterocycles. The molecule has 6 nitrogen and oxygen atoms in total. The monoisotopic (exact) mass is 723 g/mol. The van der Waals surface area contributed by atoms with E-state index in [4.69, 9.17) is 34.8 Å². The molecule has 19 heteroatoms.